The standard InChI is InChI=1S/C16H15Cl2O5P/c1-2-21-16(19)11-24(20,22-14-7-3-12(17)4-8-14)23-15-9-5-13(18)6-10-15/h3-10H,2,11H2,1H3. The van der Waals surface area contributed by atoms with Crippen molar-refractivity contribution in [2.45, 2.75) is 6.92 Å². The predicted molar refractivity (Wildman–Crippen MR) is 93.3 cm³/mol. The Morgan fingerprint density at radius 2 is 1.33 bits per heavy atom. The molecule has 0 atom stereocenters. The highest BCUT2D eigenvalue weighted by atomic mass is 35.5. The third kappa shape index (κ3) is 5.75. The second kappa shape index (κ2) is 8.43. The lowest BCUT2D eigenvalue weighted by molar-refractivity contribution is -0.140. The smallest absolute Gasteiger partial charge is 0.441 e. The second-order valence-corrected chi connectivity index (χ2v) is 7.44. The molecule has 0 aromatic heterocycles. The van der Waals surface area contributed by atoms with E-state index in [1.54, 1.807) is 31.2 Å². The molecule has 0 bridgehead atoms. The Hall–Kier alpha value is -1.68. The highest BCUT2D eigenvalue weighted by molar-refractivity contribution is 7.55. The highest BCUT2D eigenvalue weighted by Crippen LogP contribution is 2.48. The Morgan fingerprint density at radius 1 is 0.917 bits per heavy atom. The minimum Gasteiger partial charge on any atom is -0.465 e. The Balaban J connectivity index is 2.22. The third-order valence-electron chi connectivity index (χ3n) is 2.74. The van der Waals surface area contributed by atoms with Gasteiger partial charge in [-0.05, 0) is 55.5 Å². The Morgan fingerprint density at radius 3 is 1.71 bits per heavy atom. The summed E-state index contributed by atoms with van der Waals surface area (Å²) in [5.41, 5.74) is 0. The van der Waals surface area contributed by atoms with Crippen LogP contribution in [0.3, 0.4) is 0 Å². The van der Waals surface area contributed by atoms with Crippen LogP contribution >= 0.6 is 30.8 Å². The van der Waals surface area contributed by atoms with E-state index in [9.17, 15) is 9.36 Å². The lowest BCUT2D eigenvalue weighted by Crippen LogP contribution is -2.15. The Kier molecular flexibility index (Phi) is 6.55. The van der Waals surface area contributed by atoms with E-state index < -0.39 is 19.7 Å². The van der Waals surface area contributed by atoms with E-state index in [0.29, 0.717) is 10.0 Å². The highest BCUT2D eigenvalue weighted by Gasteiger charge is 2.33. The van der Waals surface area contributed by atoms with Gasteiger partial charge in [0.25, 0.3) is 0 Å². The van der Waals surface area contributed by atoms with Gasteiger partial charge in [0.05, 0.1) is 6.61 Å². The molecule has 5 nitrogen and oxygen atoms in total. The van der Waals surface area contributed by atoms with Crippen LogP contribution in [0.2, 0.25) is 10.0 Å². The summed E-state index contributed by atoms with van der Waals surface area (Å²) in [4.78, 5) is 11.8. The normalized spacial score (nSPS) is 11.0. The molecule has 0 spiro atoms. The van der Waals surface area contributed by atoms with Crippen molar-refractivity contribution >= 4 is 36.8 Å². The lowest BCUT2D eigenvalue weighted by Gasteiger charge is -2.19. The van der Waals surface area contributed by atoms with Crippen LogP contribution in [-0.4, -0.2) is 18.7 Å². The van der Waals surface area contributed by atoms with Gasteiger partial charge in [-0.25, -0.2) is 4.57 Å². The largest absolute Gasteiger partial charge is 0.465 e. The van der Waals surface area contributed by atoms with Crippen molar-refractivity contribution in [1.29, 1.82) is 0 Å². The van der Waals surface area contributed by atoms with Crippen LogP contribution in [0.1, 0.15) is 6.92 Å². The molecule has 128 valence electrons. The summed E-state index contributed by atoms with van der Waals surface area (Å²) in [5, 5.41) is 1.00. The topological polar surface area (TPSA) is 61.8 Å². The molecule has 0 N–H and O–H groups in total. The van der Waals surface area contributed by atoms with E-state index in [0.717, 1.165) is 0 Å². The summed E-state index contributed by atoms with van der Waals surface area (Å²) in [7, 11) is -3.84. The fourth-order valence-electron chi connectivity index (χ4n) is 1.76. The number of benzene rings is 2. The molecular formula is C16H15Cl2O5P. The summed E-state index contributed by atoms with van der Waals surface area (Å²) in [6.07, 6.45) is -0.522. The molecule has 0 radical (unpaired) electrons. The number of ether oxygens (including phenoxy) is 1. The molecule has 0 heterocycles. The average Bonchev–Trinajstić information content (AvgIpc) is 2.52. The van der Waals surface area contributed by atoms with Crippen molar-refractivity contribution in [2.24, 2.45) is 0 Å². The fourth-order valence-corrected chi connectivity index (χ4v) is 3.47. The van der Waals surface area contributed by atoms with Gasteiger partial charge < -0.3 is 13.8 Å². The average molecular weight is 389 g/mol. The van der Waals surface area contributed by atoms with Gasteiger partial charge >= 0.3 is 13.6 Å². The zero-order valence-corrected chi connectivity index (χ0v) is 15.2. The summed E-state index contributed by atoms with van der Waals surface area (Å²) >= 11 is 11.6. The van der Waals surface area contributed by atoms with Crippen LogP contribution in [0.5, 0.6) is 11.5 Å². The zero-order valence-electron chi connectivity index (χ0n) is 12.8. The van der Waals surface area contributed by atoms with Gasteiger partial charge in [-0.15, -0.1) is 0 Å². The molecule has 2 aromatic rings. The fraction of sp³-hybridized carbons (Fsp3) is 0.188. The maximum absolute atomic E-state index is 13.0. The summed E-state index contributed by atoms with van der Waals surface area (Å²) in [6.45, 7) is 1.82. The number of halogens is 2. The van der Waals surface area contributed by atoms with Crippen LogP contribution in [0.15, 0.2) is 48.5 Å². The van der Waals surface area contributed by atoms with Crippen LogP contribution < -0.4 is 9.05 Å². The molecule has 0 amide bonds. The predicted octanol–water partition coefficient (Wildman–Crippen LogP) is 5.21. The third-order valence-corrected chi connectivity index (χ3v) is 4.87. The molecule has 2 rings (SSSR count). The molecule has 0 aliphatic rings. The molecule has 24 heavy (non-hydrogen) atoms. The van der Waals surface area contributed by atoms with Crippen molar-refractivity contribution in [3.63, 3.8) is 0 Å². The first-order chi connectivity index (χ1) is 11.4. The van der Waals surface area contributed by atoms with Gasteiger partial charge in [0.1, 0.15) is 11.5 Å². The van der Waals surface area contributed by atoms with Gasteiger partial charge in [0, 0.05) is 10.0 Å². The lowest BCUT2D eigenvalue weighted by atomic mass is 10.3. The van der Waals surface area contributed by atoms with Gasteiger partial charge in [0.2, 0.25) is 0 Å². The van der Waals surface area contributed by atoms with Gasteiger partial charge in [-0.2, -0.15) is 0 Å². The van der Waals surface area contributed by atoms with Crippen molar-refractivity contribution in [3.8, 4) is 11.5 Å². The number of rotatable bonds is 7. The number of carbonyl (C=O) groups excluding carboxylic acids is 1. The second-order valence-electron chi connectivity index (χ2n) is 4.66. The molecule has 0 fully saturated rings. The van der Waals surface area contributed by atoms with Gasteiger partial charge in [-0.1, -0.05) is 23.2 Å². The molecule has 8 heteroatoms. The van der Waals surface area contributed by atoms with Gasteiger partial charge in [-0.3, -0.25) is 4.79 Å². The number of carbonyl (C=O) groups is 1. The minimum atomic E-state index is -3.84. The number of esters is 1. The van der Waals surface area contributed by atoms with Crippen molar-refractivity contribution in [1.82, 2.24) is 0 Å². The quantitative estimate of drug-likeness (QED) is 0.481. The SMILES string of the molecule is CCOC(=O)CP(=O)(Oc1ccc(Cl)cc1)Oc1ccc(Cl)cc1. The molecule has 2 aromatic carbocycles. The molecule has 0 saturated carbocycles. The number of hydrogen-bond donors (Lipinski definition) is 0. The van der Waals surface area contributed by atoms with E-state index >= 15 is 0 Å². The van der Waals surface area contributed by atoms with Crippen LogP contribution in [0.4, 0.5) is 0 Å². The van der Waals surface area contributed by atoms with E-state index in [1.807, 2.05) is 0 Å². The van der Waals surface area contributed by atoms with Crippen LogP contribution in [0, 0.1) is 0 Å². The van der Waals surface area contributed by atoms with Gasteiger partial charge in [0.15, 0.2) is 6.16 Å². The molecule has 0 aliphatic heterocycles. The molecule has 0 unspecified atom stereocenters. The summed E-state index contributed by atoms with van der Waals surface area (Å²) in [6, 6.07) is 12.4. The molecular weight excluding hydrogens is 374 g/mol. The summed E-state index contributed by atoms with van der Waals surface area (Å²) < 4.78 is 28.7. The number of hydrogen-bond acceptors (Lipinski definition) is 5. The van der Waals surface area contributed by atoms with Crippen molar-refractivity contribution in [3.05, 3.63) is 58.6 Å². The zero-order chi connectivity index (χ0) is 17.6. The Labute approximate surface area is 150 Å². The molecule has 0 aliphatic carbocycles. The first-order valence-corrected chi connectivity index (χ1v) is 9.53. The van der Waals surface area contributed by atoms with Crippen molar-refractivity contribution < 1.29 is 23.1 Å². The molecule has 0 saturated heterocycles. The van der Waals surface area contributed by atoms with E-state index in [2.05, 4.69) is 0 Å². The Bertz CT molecular complexity index is 680. The monoisotopic (exact) mass is 388 g/mol. The van der Waals surface area contributed by atoms with E-state index in [1.165, 1.54) is 24.3 Å². The minimum absolute atomic E-state index is 0.167. The van der Waals surface area contributed by atoms with Crippen molar-refractivity contribution in [2.75, 3.05) is 12.8 Å². The van der Waals surface area contributed by atoms with Crippen LogP contribution in [-0.2, 0) is 14.1 Å². The summed E-state index contributed by atoms with van der Waals surface area (Å²) in [5.74, 6) is -0.147. The van der Waals surface area contributed by atoms with Crippen LogP contribution in [0.25, 0.3) is 0 Å². The van der Waals surface area contributed by atoms with E-state index in [4.69, 9.17) is 37.0 Å². The maximum Gasteiger partial charge on any atom is 0.441 e. The first kappa shape index (κ1) is 18.7. The maximum atomic E-state index is 13.0. The van der Waals surface area contributed by atoms with E-state index in [-0.39, 0.29) is 18.1 Å². The first-order valence-electron chi connectivity index (χ1n) is 7.05.